The van der Waals surface area contributed by atoms with Crippen molar-refractivity contribution in [1.82, 2.24) is 10.3 Å². The van der Waals surface area contributed by atoms with Crippen molar-refractivity contribution in [1.29, 1.82) is 0 Å². The van der Waals surface area contributed by atoms with E-state index in [1.165, 1.54) is 17.0 Å². The van der Waals surface area contributed by atoms with Gasteiger partial charge in [-0.2, -0.15) is 0 Å². The van der Waals surface area contributed by atoms with Gasteiger partial charge in [0.2, 0.25) is 5.60 Å². The number of nitrogens with zero attached hydrogens (tertiary/aromatic N) is 2. The molecule has 0 aliphatic carbocycles. The first kappa shape index (κ1) is 23.8. The monoisotopic (exact) mass is 502 g/mol. The van der Waals surface area contributed by atoms with Crippen LogP contribution in [0.15, 0.2) is 71.8 Å². The van der Waals surface area contributed by atoms with Crippen molar-refractivity contribution in [2.24, 2.45) is 0 Å². The summed E-state index contributed by atoms with van der Waals surface area (Å²) in [7, 11) is -1.57. The van der Waals surface area contributed by atoms with Crippen molar-refractivity contribution >= 4 is 45.9 Å². The zero-order valence-electron chi connectivity index (χ0n) is 17.7. The number of aliphatic hydroxyl groups is 1. The van der Waals surface area contributed by atoms with Crippen molar-refractivity contribution in [3.05, 3.63) is 83.3 Å². The number of benzene rings is 2. The fourth-order valence-electron chi connectivity index (χ4n) is 3.53. The Morgan fingerprint density at radius 2 is 1.97 bits per heavy atom. The number of amides is 2. The normalized spacial score (nSPS) is 18.6. The topological polar surface area (TPSA) is 112 Å². The second-order valence-electron chi connectivity index (χ2n) is 7.61. The summed E-state index contributed by atoms with van der Waals surface area (Å²) in [6, 6.07) is 15.3. The van der Waals surface area contributed by atoms with Crippen LogP contribution in [0.25, 0.3) is 0 Å². The van der Waals surface area contributed by atoms with Crippen LogP contribution in [-0.4, -0.2) is 38.3 Å². The lowest BCUT2D eigenvalue weighted by atomic mass is 10.0. The van der Waals surface area contributed by atoms with E-state index in [9.17, 15) is 23.3 Å². The molecule has 3 aromatic rings. The van der Waals surface area contributed by atoms with Gasteiger partial charge in [-0.3, -0.25) is 14.3 Å². The van der Waals surface area contributed by atoms with E-state index in [2.05, 4.69) is 15.0 Å². The number of carbonyl (C=O) groups excluding carboxylic acids is 2. The summed E-state index contributed by atoms with van der Waals surface area (Å²) in [5, 5.41) is 13.4. The van der Waals surface area contributed by atoms with Crippen LogP contribution in [0.1, 0.15) is 12.0 Å². The molecule has 34 heavy (non-hydrogen) atoms. The van der Waals surface area contributed by atoms with Crippen LogP contribution in [-0.2, 0) is 27.1 Å². The Morgan fingerprint density at radius 3 is 2.65 bits per heavy atom. The van der Waals surface area contributed by atoms with Gasteiger partial charge in [-0.1, -0.05) is 17.7 Å². The maximum atomic E-state index is 13.5. The molecule has 3 N–H and O–H groups in total. The molecule has 0 saturated carbocycles. The van der Waals surface area contributed by atoms with Gasteiger partial charge in [0.15, 0.2) is 11.0 Å². The molecule has 2 unspecified atom stereocenters. The molecule has 1 aliphatic rings. The Labute approximate surface area is 202 Å². The number of hydrogen-bond acceptors (Lipinski definition) is 5. The maximum absolute atomic E-state index is 13.5. The first-order chi connectivity index (χ1) is 16.3. The molecule has 2 aromatic carbocycles. The molecular weight excluding hydrogens is 483 g/mol. The smallest absolute Gasteiger partial charge is 0.268 e. The van der Waals surface area contributed by atoms with Crippen molar-refractivity contribution in [3.63, 3.8) is 0 Å². The molecule has 1 fully saturated rings. The van der Waals surface area contributed by atoms with Crippen molar-refractivity contribution in [2.75, 3.05) is 16.2 Å². The predicted molar refractivity (Wildman–Crippen MR) is 126 cm³/mol. The summed E-state index contributed by atoms with van der Waals surface area (Å²) in [4.78, 5) is 31.3. The van der Waals surface area contributed by atoms with Crippen LogP contribution in [0.4, 0.5) is 15.9 Å². The molecule has 1 aliphatic heterocycles. The van der Waals surface area contributed by atoms with E-state index in [-0.39, 0.29) is 24.5 Å². The van der Waals surface area contributed by atoms with E-state index in [0.29, 0.717) is 22.0 Å². The highest BCUT2D eigenvalue weighted by Crippen LogP contribution is 2.29. The van der Waals surface area contributed by atoms with Gasteiger partial charge in [-0.05, 0) is 60.2 Å². The highest BCUT2D eigenvalue weighted by Gasteiger charge is 2.51. The van der Waals surface area contributed by atoms with E-state index in [4.69, 9.17) is 11.6 Å². The fraction of sp³-hybridized carbons (Fsp3) is 0.174. The zero-order valence-corrected chi connectivity index (χ0v) is 19.3. The SMILES string of the molecule is O=C(NCc1cc(F)cc(Cl)c1)C1(O)CCN(c2ccc(S(=O)Nc3ccccn3)cc2)C1=O. The molecule has 0 radical (unpaired) electrons. The van der Waals surface area contributed by atoms with Crippen LogP contribution >= 0.6 is 11.6 Å². The highest BCUT2D eigenvalue weighted by molar-refractivity contribution is 7.86. The van der Waals surface area contributed by atoms with E-state index in [0.717, 1.165) is 6.07 Å². The standard InChI is InChI=1S/C23H20ClFN4O4S/c24-16-11-15(12-17(25)13-16)14-27-21(30)23(32)8-10-29(22(23)31)18-4-6-19(7-5-18)34(33)28-20-3-1-2-9-26-20/h1-7,9,11-13,32H,8,10,14H2,(H,26,28)(H,27,30). The number of pyridine rings is 1. The number of rotatable bonds is 7. The van der Waals surface area contributed by atoms with Crippen LogP contribution in [0.3, 0.4) is 0 Å². The number of carbonyl (C=O) groups is 2. The Hall–Kier alpha value is -3.34. The Balaban J connectivity index is 1.40. The fourth-order valence-corrected chi connectivity index (χ4v) is 4.59. The lowest BCUT2D eigenvalue weighted by molar-refractivity contribution is -0.149. The molecule has 0 bridgehead atoms. The summed E-state index contributed by atoms with van der Waals surface area (Å²) in [6.45, 7) is 0.0128. The third kappa shape index (κ3) is 5.09. The first-order valence-corrected chi connectivity index (χ1v) is 11.8. The molecule has 4 rings (SSSR count). The van der Waals surface area contributed by atoms with Gasteiger partial charge in [0.1, 0.15) is 11.6 Å². The van der Waals surface area contributed by atoms with Crippen molar-refractivity contribution in [2.45, 2.75) is 23.5 Å². The van der Waals surface area contributed by atoms with Gasteiger partial charge in [0, 0.05) is 36.4 Å². The van der Waals surface area contributed by atoms with E-state index in [1.807, 2.05) is 0 Å². The maximum Gasteiger partial charge on any atom is 0.268 e. The van der Waals surface area contributed by atoms with E-state index < -0.39 is 34.2 Å². The summed E-state index contributed by atoms with van der Waals surface area (Å²) >= 11 is 5.81. The molecule has 1 aromatic heterocycles. The summed E-state index contributed by atoms with van der Waals surface area (Å²) in [6.07, 6.45) is 1.46. The number of halogens is 2. The predicted octanol–water partition coefficient (Wildman–Crippen LogP) is 2.79. The minimum absolute atomic E-state index is 0.102. The minimum atomic E-state index is -2.25. The van der Waals surface area contributed by atoms with Crippen LogP contribution in [0.2, 0.25) is 5.02 Å². The first-order valence-electron chi connectivity index (χ1n) is 10.2. The van der Waals surface area contributed by atoms with E-state index in [1.54, 1.807) is 48.7 Å². The molecular formula is C23H20ClFN4O4S. The molecule has 2 heterocycles. The Kier molecular flexibility index (Phi) is 6.92. The minimum Gasteiger partial charge on any atom is -0.372 e. The second kappa shape index (κ2) is 9.88. The largest absolute Gasteiger partial charge is 0.372 e. The molecule has 8 nitrogen and oxygen atoms in total. The average Bonchev–Trinajstić information content (AvgIpc) is 3.13. The molecule has 176 valence electrons. The molecule has 0 spiro atoms. The van der Waals surface area contributed by atoms with Crippen molar-refractivity contribution < 1.29 is 23.3 Å². The summed E-state index contributed by atoms with van der Waals surface area (Å²) in [5.74, 6) is -1.75. The lowest BCUT2D eigenvalue weighted by Gasteiger charge is -2.22. The second-order valence-corrected chi connectivity index (χ2v) is 9.26. The molecule has 2 amide bonds. The number of anilines is 2. The van der Waals surface area contributed by atoms with Gasteiger partial charge in [0.25, 0.3) is 11.8 Å². The number of hydrogen-bond donors (Lipinski definition) is 3. The summed E-state index contributed by atoms with van der Waals surface area (Å²) in [5.41, 5.74) is -1.41. The third-order valence-corrected chi connectivity index (χ3v) is 6.58. The Morgan fingerprint density at radius 1 is 1.21 bits per heavy atom. The van der Waals surface area contributed by atoms with Gasteiger partial charge in [-0.15, -0.1) is 0 Å². The van der Waals surface area contributed by atoms with Crippen molar-refractivity contribution in [3.8, 4) is 0 Å². The van der Waals surface area contributed by atoms with Crippen LogP contribution in [0, 0.1) is 5.82 Å². The zero-order chi connectivity index (χ0) is 24.3. The molecule has 2 atom stereocenters. The number of nitrogens with one attached hydrogen (secondary N) is 2. The van der Waals surface area contributed by atoms with Gasteiger partial charge in [0.05, 0.1) is 4.90 Å². The van der Waals surface area contributed by atoms with Gasteiger partial charge in [-0.25, -0.2) is 13.6 Å². The molecule has 1 saturated heterocycles. The van der Waals surface area contributed by atoms with Crippen LogP contribution < -0.4 is 14.9 Å². The summed E-state index contributed by atoms with van der Waals surface area (Å²) < 4.78 is 28.7. The van der Waals surface area contributed by atoms with E-state index >= 15 is 0 Å². The molecule has 11 heteroatoms. The lowest BCUT2D eigenvalue weighted by Crippen LogP contribution is -2.52. The van der Waals surface area contributed by atoms with Crippen LogP contribution in [0.5, 0.6) is 0 Å². The third-order valence-electron chi connectivity index (χ3n) is 5.27. The quantitative estimate of drug-likeness (QED) is 0.430. The highest BCUT2D eigenvalue weighted by atomic mass is 35.5. The number of aromatic nitrogens is 1. The van der Waals surface area contributed by atoms with Gasteiger partial charge < -0.3 is 15.3 Å². The average molecular weight is 503 g/mol. The Bertz CT molecular complexity index is 1230. The van der Waals surface area contributed by atoms with Gasteiger partial charge >= 0.3 is 0 Å².